The molecule has 23 heavy (non-hydrogen) atoms. The Morgan fingerprint density at radius 1 is 1.30 bits per heavy atom. The van der Waals surface area contributed by atoms with Gasteiger partial charge >= 0.3 is 6.18 Å². The molecule has 0 saturated heterocycles. The molecule has 0 bridgehead atoms. The first-order valence-electron chi connectivity index (χ1n) is 7.36. The van der Waals surface area contributed by atoms with Gasteiger partial charge in [-0.15, -0.1) is 0 Å². The molecular weight excluding hydrogens is 348 g/mol. The number of halogens is 3. The number of fused-ring (bicyclic) bond motifs is 1. The summed E-state index contributed by atoms with van der Waals surface area (Å²) in [4.78, 5) is 0. The van der Waals surface area contributed by atoms with E-state index in [0.29, 0.717) is 30.5 Å². The van der Waals surface area contributed by atoms with Crippen molar-refractivity contribution in [1.82, 2.24) is 0 Å². The fourth-order valence-electron chi connectivity index (χ4n) is 2.44. The third-order valence-corrected chi connectivity index (χ3v) is 6.62. The van der Waals surface area contributed by atoms with Crippen molar-refractivity contribution in [3.8, 4) is 11.5 Å². The van der Waals surface area contributed by atoms with Crippen molar-refractivity contribution in [1.29, 1.82) is 0 Å². The summed E-state index contributed by atoms with van der Waals surface area (Å²) in [6.45, 7) is 4.88. The lowest BCUT2D eigenvalue weighted by molar-refractivity contribution is -0.137. The average Bonchev–Trinajstić information content (AvgIpc) is 2.72. The van der Waals surface area contributed by atoms with Crippen LogP contribution in [0.3, 0.4) is 0 Å². The normalized spacial score (nSPS) is 18.9. The lowest BCUT2D eigenvalue weighted by Gasteiger charge is -2.24. The SMILES string of the molecule is CCOP(=S)(CC)Oc1cc(C(F)(F)F)cc2c1OC(C)(C)C2. The number of alkyl halides is 3. The largest absolute Gasteiger partial charge is 0.483 e. The Bertz CT molecular complexity index is 644. The monoisotopic (exact) mass is 368 g/mol. The van der Waals surface area contributed by atoms with E-state index in [4.69, 9.17) is 25.6 Å². The van der Waals surface area contributed by atoms with Gasteiger partial charge in [0, 0.05) is 18.1 Å². The van der Waals surface area contributed by atoms with Gasteiger partial charge in [-0.25, -0.2) is 0 Å². The first kappa shape index (κ1) is 18.6. The van der Waals surface area contributed by atoms with Crippen LogP contribution in [0.15, 0.2) is 12.1 Å². The summed E-state index contributed by atoms with van der Waals surface area (Å²) >= 11 is 5.38. The Morgan fingerprint density at radius 3 is 2.48 bits per heavy atom. The molecule has 130 valence electrons. The molecule has 0 saturated carbocycles. The summed E-state index contributed by atoms with van der Waals surface area (Å²) in [5.74, 6) is 0.365. The smallest absolute Gasteiger partial charge is 0.416 e. The van der Waals surface area contributed by atoms with Crippen LogP contribution in [0, 0.1) is 0 Å². The Morgan fingerprint density at radius 2 is 1.96 bits per heavy atom. The fraction of sp³-hybridized carbons (Fsp3) is 0.600. The maximum absolute atomic E-state index is 13.1. The topological polar surface area (TPSA) is 27.7 Å². The molecule has 1 atom stereocenters. The quantitative estimate of drug-likeness (QED) is 0.671. The van der Waals surface area contributed by atoms with Crippen LogP contribution in [0.25, 0.3) is 0 Å². The first-order valence-corrected chi connectivity index (χ1v) is 10.2. The van der Waals surface area contributed by atoms with Gasteiger partial charge in [-0.2, -0.15) is 13.2 Å². The minimum absolute atomic E-state index is 0.0269. The molecular formula is C15H20F3O3PS. The molecule has 1 aliphatic heterocycles. The summed E-state index contributed by atoms with van der Waals surface area (Å²) in [6.07, 6.45) is -3.66. The Hall–Kier alpha value is -0.780. The summed E-state index contributed by atoms with van der Waals surface area (Å²) < 4.78 is 56.5. The minimum atomic E-state index is -4.46. The molecule has 2 rings (SSSR count). The zero-order valence-corrected chi connectivity index (χ0v) is 15.2. The molecule has 0 spiro atoms. The molecule has 1 unspecified atom stereocenters. The highest BCUT2D eigenvalue weighted by Gasteiger charge is 2.39. The first-order chi connectivity index (χ1) is 10.5. The highest BCUT2D eigenvalue weighted by Crippen LogP contribution is 2.54. The van der Waals surface area contributed by atoms with E-state index in [1.54, 1.807) is 13.8 Å². The second-order valence-corrected chi connectivity index (χ2v) is 9.90. The predicted octanol–water partition coefficient (Wildman–Crippen LogP) is 5.16. The van der Waals surface area contributed by atoms with Crippen LogP contribution in [-0.2, 0) is 28.9 Å². The number of hydrogen-bond acceptors (Lipinski definition) is 4. The van der Waals surface area contributed by atoms with Crippen LogP contribution in [0.1, 0.15) is 38.8 Å². The van der Waals surface area contributed by atoms with Crippen LogP contribution >= 0.6 is 6.49 Å². The molecule has 1 heterocycles. The molecule has 0 fully saturated rings. The highest BCUT2D eigenvalue weighted by atomic mass is 32.5. The van der Waals surface area contributed by atoms with Gasteiger partial charge in [0.05, 0.1) is 12.2 Å². The molecule has 0 radical (unpaired) electrons. The number of rotatable bonds is 5. The van der Waals surface area contributed by atoms with Gasteiger partial charge in [-0.05, 0) is 44.7 Å². The summed E-state index contributed by atoms with van der Waals surface area (Å²) in [5, 5.41) is 0. The molecule has 0 aromatic heterocycles. The van der Waals surface area contributed by atoms with Crippen LogP contribution in [-0.4, -0.2) is 18.4 Å². The summed E-state index contributed by atoms with van der Waals surface area (Å²) in [5.41, 5.74) is -0.860. The molecule has 1 aromatic rings. The summed E-state index contributed by atoms with van der Waals surface area (Å²) in [7, 11) is 0. The van der Waals surface area contributed by atoms with Crippen LogP contribution < -0.4 is 9.26 Å². The lowest BCUT2D eigenvalue weighted by Crippen LogP contribution is -2.24. The van der Waals surface area contributed by atoms with Crippen LogP contribution in [0.2, 0.25) is 0 Å². The predicted molar refractivity (Wildman–Crippen MR) is 86.9 cm³/mol. The Balaban J connectivity index is 2.50. The van der Waals surface area contributed by atoms with E-state index in [2.05, 4.69) is 0 Å². The molecule has 8 heteroatoms. The molecule has 1 aromatic carbocycles. The van der Waals surface area contributed by atoms with Gasteiger partial charge in [0.2, 0.25) is 6.49 Å². The van der Waals surface area contributed by atoms with Crippen LogP contribution in [0.4, 0.5) is 13.2 Å². The number of benzene rings is 1. The van der Waals surface area contributed by atoms with Gasteiger partial charge < -0.3 is 13.8 Å². The van der Waals surface area contributed by atoms with Gasteiger partial charge in [-0.3, -0.25) is 0 Å². The second-order valence-electron chi connectivity index (χ2n) is 5.94. The van der Waals surface area contributed by atoms with E-state index in [0.717, 1.165) is 12.1 Å². The fourth-order valence-corrected chi connectivity index (χ4v) is 4.19. The van der Waals surface area contributed by atoms with Crippen molar-refractivity contribution in [3.05, 3.63) is 23.3 Å². The molecule has 0 aliphatic carbocycles. The third kappa shape index (κ3) is 4.20. The number of ether oxygens (including phenoxy) is 1. The summed E-state index contributed by atoms with van der Waals surface area (Å²) in [6, 6.07) is 2.07. The van der Waals surface area contributed by atoms with Crippen LogP contribution in [0.5, 0.6) is 11.5 Å². The maximum atomic E-state index is 13.1. The molecule has 1 aliphatic rings. The van der Waals surface area contributed by atoms with Crippen molar-refractivity contribution < 1.29 is 27.0 Å². The third-order valence-electron chi connectivity index (χ3n) is 3.40. The van der Waals surface area contributed by atoms with E-state index >= 15 is 0 Å². The average molecular weight is 368 g/mol. The minimum Gasteiger partial charge on any atom is -0.483 e. The Kier molecular flexibility index (Phi) is 5.05. The van der Waals surface area contributed by atoms with E-state index in [1.165, 1.54) is 0 Å². The second kappa shape index (κ2) is 6.26. The zero-order chi connectivity index (χ0) is 17.5. The van der Waals surface area contributed by atoms with E-state index in [1.807, 2.05) is 13.8 Å². The van der Waals surface area contributed by atoms with Crippen molar-refractivity contribution >= 4 is 18.3 Å². The lowest BCUT2D eigenvalue weighted by atomic mass is 10.00. The van der Waals surface area contributed by atoms with Gasteiger partial charge in [0.25, 0.3) is 0 Å². The standard InChI is InChI=1S/C15H20F3O3PS/c1-5-19-22(23,6-2)21-12-8-11(15(16,17)18)7-10-9-14(3,4)20-13(10)12/h7-8H,5-6,9H2,1-4H3. The van der Waals surface area contributed by atoms with Gasteiger partial charge in [0.1, 0.15) is 5.60 Å². The van der Waals surface area contributed by atoms with E-state index in [9.17, 15) is 13.2 Å². The maximum Gasteiger partial charge on any atom is 0.416 e. The molecule has 3 nitrogen and oxygen atoms in total. The highest BCUT2D eigenvalue weighted by molar-refractivity contribution is 8.10. The number of hydrogen-bond donors (Lipinski definition) is 0. The van der Waals surface area contributed by atoms with E-state index in [-0.39, 0.29) is 5.75 Å². The van der Waals surface area contributed by atoms with Crippen molar-refractivity contribution in [3.63, 3.8) is 0 Å². The van der Waals surface area contributed by atoms with Crippen molar-refractivity contribution in [2.24, 2.45) is 0 Å². The van der Waals surface area contributed by atoms with Crippen molar-refractivity contribution in [2.75, 3.05) is 12.8 Å². The van der Waals surface area contributed by atoms with Gasteiger partial charge in [0.15, 0.2) is 11.5 Å². The Labute approximate surface area is 139 Å². The molecule has 0 N–H and O–H groups in total. The van der Waals surface area contributed by atoms with Crippen molar-refractivity contribution in [2.45, 2.75) is 45.9 Å². The zero-order valence-electron chi connectivity index (χ0n) is 13.5. The van der Waals surface area contributed by atoms with Gasteiger partial charge in [-0.1, -0.05) is 6.92 Å². The van der Waals surface area contributed by atoms with E-state index < -0.39 is 23.8 Å². The molecule has 0 amide bonds.